The van der Waals surface area contributed by atoms with Crippen LogP contribution in [-0.4, -0.2) is 30.6 Å². The van der Waals surface area contributed by atoms with E-state index in [1.165, 1.54) is 18.9 Å². The fourth-order valence-corrected chi connectivity index (χ4v) is 3.48. The monoisotopic (exact) mass is 397 g/mol. The van der Waals surface area contributed by atoms with E-state index in [1.807, 2.05) is 25.1 Å². The van der Waals surface area contributed by atoms with E-state index in [1.54, 1.807) is 36.4 Å². The zero-order chi connectivity index (χ0) is 19.9. The highest BCUT2D eigenvalue weighted by Gasteiger charge is 2.17. The van der Waals surface area contributed by atoms with Crippen LogP contribution in [0.1, 0.15) is 32.2 Å². The fraction of sp³-hybridized carbons (Fsp3) is 0.190. The van der Waals surface area contributed by atoms with Crippen molar-refractivity contribution in [1.29, 1.82) is 0 Å². The van der Waals surface area contributed by atoms with Gasteiger partial charge in [0.05, 0.1) is 23.9 Å². The lowest BCUT2D eigenvalue weighted by molar-refractivity contribution is 0.0470. The van der Waals surface area contributed by atoms with Crippen LogP contribution in [0.5, 0.6) is 5.75 Å². The summed E-state index contributed by atoms with van der Waals surface area (Å²) >= 11 is 1.45. The molecule has 0 spiro atoms. The van der Waals surface area contributed by atoms with Gasteiger partial charge in [-0.05, 0) is 31.2 Å². The first-order valence-corrected chi connectivity index (χ1v) is 9.54. The molecule has 0 atom stereocenters. The standard InChI is InChI=1S/C21H19NO5S/c1-14-11-15(22-27-14)13-28-20-10-6-4-8-17(20)21(24)26-12-18(23)16-7-3-5-9-19(16)25-2/h3-11H,12-13H2,1-2H3. The highest BCUT2D eigenvalue weighted by molar-refractivity contribution is 7.98. The number of para-hydroxylation sites is 1. The molecule has 3 aromatic rings. The van der Waals surface area contributed by atoms with E-state index in [9.17, 15) is 9.59 Å². The highest BCUT2D eigenvalue weighted by atomic mass is 32.2. The molecule has 0 saturated carbocycles. The molecular formula is C21H19NO5S. The molecule has 3 rings (SSSR count). The van der Waals surface area contributed by atoms with Gasteiger partial charge in [-0.15, -0.1) is 11.8 Å². The number of carbonyl (C=O) groups is 2. The van der Waals surface area contributed by atoms with Crippen molar-refractivity contribution < 1.29 is 23.6 Å². The van der Waals surface area contributed by atoms with E-state index in [4.69, 9.17) is 14.0 Å². The molecule has 0 amide bonds. The molecular weight excluding hydrogens is 378 g/mol. The summed E-state index contributed by atoms with van der Waals surface area (Å²) in [6.07, 6.45) is 0. The molecule has 1 aromatic heterocycles. The molecule has 0 aliphatic heterocycles. The zero-order valence-electron chi connectivity index (χ0n) is 15.5. The number of aromatic nitrogens is 1. The highest BCUT2D eigenvalue weighted by Crippen LogP contribution is 2.27. The summed E-state index contributed by atoms with van der Waals surface area (Å²) in [5.41, 5.74) is 1.57. The Kier molecular flexibility index (Phi) is 6.49. The Morgan fingerprint density at radius 1 is 1.07 bits per heavy atom. The summed E-state index contributed by atoms with van der Waals surface area (Å²) in [5.74, 6) is 0.860. The third kappa shape index (κ3) is 4.80. The third-order valence-corrected chi connectivity index (χ3v) is 5.01. The number of nitrogens with zero attached hydrogens (tertiary/aromatic N) is 1. The normalized spacial score (nSPS) is 10.5. The number of ketones is 1. The van der Waals surface area contributed by atoms with Crippen molar-refractivity contribution in [1.82, 2.24) is 5.16 Å². The van der Waals surface area contributed by atoms with Crippen LogP contribution in [-0.2, 0) is 10.5 Å². The number of hydrogen-bond acceptors (Lipinski definition) is 7. The van der Waals surface area contributed by atoms with E-state index in [2.05, 4.69) is 5.16 Å². The third-order valence-electron chi connectivity index (χ3n) is 3.90. The number of benzene rings is 2. The molecule has 1 heterocycles. The lowest BCUT2D eigenvalue weighted by Gasteiger charge is -2.10. The van der Waals surface area contributed by atoms with Gasteiger partial charge in [-0.2, -0.15) is 0 Å². The Morgan fingerprint density at radius 2 is 1.79 bits per heavy atom. The maximum absolute atomic E-state index is 12.5. The summed E-state index contributed by atoms with van der Waals surface area (Å²) in [6, 6.07) is 15.8. The Labute approximate surface area is 166 Å². The summed E-state index contributed by atoms with van der Waals surface area (Å²) in [5, 5.41) is 3.95. The van der Waals surface area contributed by atoms with Gasteiger partial charge >= 0.3 is 5.97 Å². The van der Waals surface area contributed by atoms with Gasteiger partial charge in [0.1, 0.15) is 11.5 Å². The molecule has 7 heteroatoms. The molecule has 0 fully saturated rings. The molecule has 0 radical (unpaired) electrons. The van der Waals surface area contributed by atoms with Crippen molar-refractivity contribution in [3.8, 4) is 5.75 Å². The van der Waals surface area contributed by atoms with Crippen molar-refractivity contribution in [2.45, 2.75) is 17.6 Å². The molecule has 0 saturated heterocycles. The first kappa shape index (κ1) is 19.7. The van der Waals surface area contributed by atoms with Crippen LogP contribution in [0.3, 0.4) is 0 Å². The topological polar surface area (TPSA) is 78.6 Å². The van der Waals surface area contributed by atoms with E-state index in [0.29, 0.717) is 22.6 Å². The number of rotatable bonds is 8. The van der Waals surface area contributed by atoms with Gasteiger partial charge in [0.15, 0.2) is 6.61 Å². The van der Waals surface area contributed by atoms with Gasteiger partial charge in [-0.25, -0.2) is 4.79 Å². The van der Waals surface area contributed by atoms with Crippen LogP contribution in [0.2, 0.25) is 0 Å². The molecule has 0 N–H and O–H groups in total. The summed E-state index contributed by atoms with van der Waals surface area (Å²) in [7, 11) is 1.49. The van der Waals surface area contributed by atoms with Crippen molar-refractivity contribution in [3.05, 3.63) is 77.2 Å². The number of carbonyl (C=O) groups excluding carboxylic acids is 2. The molecule has 0 unspecified atom stereocenters. The van der Waals surface area contributed by atoms with Crippen LogP contribution in [0.15, 0.2) is 64.0 Å². The number of thioether (sulfide) groups is 1. The lowest BCUT2D eigenvalue weighted by Crippen LogP contribution is -2.15. The summed E-state index contributed by atoms with van der Waals surface area (Å²) < 4.78 is 15.5. The predicted octanol–water partition coefficient (Wildman–Crippen LogP) is 4.32. The second-order valence-corrected chi connectivity index (χ2v) is 6.93. The van der Waals surface area contributed by atoms with Crippen molar-refractivity contribution in [3.63, 3.8) is 0 Å². The minimum atomic E-state index is -0.553. The van der Waals surface area contributed by atoms with Crippen LogP contribution in [0, 0.1) is 6.92 Å². The van der Waals surface area contributed by atoms with Crippen molar-refractivity contribution in [2.24, 2.45) is 0 Å². The number of methoxy groups -OCH3 is 1. The van der Waals surface area contributed by atoms with Gasteiger partial charge < -0.3 is 14.0 Å². The molecule has 2 aromatic carbocycles. The molecule has 0 bridgehead atoms. The number of Topliss-reactive ketones (excluding diaryl/α,β-unsaturated/α-hetero) is 1. The molecule has 144 valence electrons. The number of aryl methyl sites for hydroxylation is 1. The summed E-state index contributed by atoms with van der Waals surface area (Å²) in [6.45, 7) is 1.46. The van der Waals surface area contributed by atoms with Gasteiger partial charge in [-0.3, -0.25) is 4.79 Å². The maximum Gasteiger partial charge on any atom is 0.339 e. The van der Waals surface area contributed by atoms with E-state index in [-0.39, 0.29) is 12.4 Å². The Balaban J connectivity index is 1.65. The largest absolute Gasteiger partial charge is 0.496 e. The van der Waals surface area contributed by atoms with Gasteiger partial charge in [0.25, 0.3) is 0 Å². The zero-order valence-corrected chi connectivity index (χ0v) is 16.3. The minimum absolute atomic E-state index is 0.325. The van der Waals surface area contributed by atoms with Crippen LogP contribution >= 0.6 is 11.8 Å². The van der Waals surface area contributed by atoms with Crippen molar-refractivity contribution >= 4 is 23.5 Å². The average molecular weight is 397 g/mol. The van der Waals surface area contributed by atoms with Crippen LogP contribution < -0.4 is 4.74 Å². The number of ether oxygens (including phenoxy) is 2. The smallest absolute Gasteiger partial charge is 0.339 e. The van der Waals surface area contributed by atoms with Crippen LogP contribution in [0.4, 0.5) is 0 Å². The lowest BCUT2D eigenvalue weighted by atomic mass is 10.1. The fourth-order valence-electron chi connectivity index (χ4n) is 2.56. The average Bonchev–Trinajstić information content (AvgIpc) is 3.15. The quantitative estimate of drug-likeness (QED) is 0.318. The molecule has 0 aliphatic carbocycles. The molecule has 28 heavy (non-hydrogen) atoms. The minimum Gasteiger partial charge on any atom is -0.496 e. The molecule has 0 aliphatic rings. The Hall–Kier alpha value is -3.06. The summed E-state index contributed by atoms with van der Waals surface area (Å²) in [4.78, 5) is 25.6. The van der Waals surface area contributed by atoms with Gasteiger partial charge in [0, 0.05) is 16.7 Å². The van der Waals surface area contributed by atoms with Gasteiger partial charge in [0.2, 0.25) is 5.78 Å². The van der Waals surface area contributed by atoms with Crippen molar-refractivity contribution in [2.75, 3.05) is 13.7 Å². The maximum atomic E-state index is 12.5. The van der Waals surface area contributed by atoms with E-state index in [0.717, 1.165) is 16.3 Å². The van der Waals surface area contributed by atoms with Crippen LogP contribution in [0.25, 0.3) is 0 Å². The Morgan fingerprint density at radius 3 is 2.50 bits per heavy atom. The Bertz CT molecular complexity index is 982. The van der Waals surface area contributed by atoms with E-state index < -0.39 is 5.97 Å². The van der Waals surface area contributed by atoms with E-state index >= 15 is 0 Å². The van der Waals surface area contributed by atoms with Gasteiger partial charge in [-0.1, -0.05) is 29.4 Å². The molecule has 6 nitrogen and oxygen atoms in total. The SMILES string of the molecule is COc1ccccc1C(=O)COC(=O)c1ccccc1SCc1cc(C)on1. The first-order valence-electron chi connectivity index (χ1n) is 8.56. The number of esters is 1. The second kappa shape index (κ2) is 9.23. The first-order chi connectivity index (χ1) is 13.6. The number of hydrogen-bond donors (Lipinski definition) is 0. The predicted molar refractivity (Wildman–Crippen MR) is 105 cm³/mol. The second-order valence-electron chi connectivity index (χ2n) is 5.91.